The van der Waals surface area contributed by atoms with Crippen molar-refractivity contribution in [2.24, 2.45) is 0 Å². The number of carbonyl (C=O) groups is 4. The molecule has 4 heterocycles. The van der Waals surface area contributed by atoms with Gasteiger partial charge in [0, 0.05) is 21.0 Å². The number of aryl methyl sites for hydroxylation is 1. The molecule has 3 aliphatic heterocycles. The van der Waals surface area contributed by atoms with E-state index in [1.54, 1.807) is 35.6 Å². The van der Waals surface area contributed by atoms with Gasteiger partial charge in [-0.05, 0) is 135 Å². The third-order valence-corrected chi connectivity index (χ3v) is 12.5. The lowest BCUT2D eigenvalue weighted by Crippen LogP contribution is -2.54. The summed E-state index contributed by atoms with van der Waals surface area (Å²) in [5.41, 5.74) is 4.07. The third kappa shape index (κ3) is 7.45. The van der Waals surface area contributed by atoms with Crippen LogP contribution in [-0.2, 0) is 16.0 Å². The van der Waals surface area contributed by atoms with Gasteiger partial charge in [0.05, 0.1) is 16.0 Å². The van der Waals surface area contributed by atoms with Crippen LogP contribution >= 0.6 is 27.3 Å². The number of phenolic OH excluding ortho intramolecular Hbond substituents is 1. The number of imide groups is 2. The predicted octanol–water partition coefficient (Wildman–Crippen LogP) is 8.82. The van der Waals surface area contributed by atoms with E-state index in [1.807, 2.05) is 24.3 Å². The zero-order chi connectivity index (χ0) is 37.3. The Balaban J connectivity index is 0.801. The molecule has 2 fully saturated rings. The van der Waals surface area contributed by atoms with Crippen LogP contribution in [-0.4, -0.2) is 64.2 Å². The van der Waals surface area contributed by atoms with Gasteiger partial charge in [-0.2, -0.15) is 0 Å². The van der Waals surface area contributed by atoms with Gasteiger partial charge in [-0.25, -0.2) is 0 Å². The third-order valence-electron chi connectivity index (χ3n) is 10.8. The van der Waals surface area contributed by atoms with Gasteiger partial charge in [0.25, 0.3) is 11.8 Å². The van der Waals surface area contributed by atoms with Gasteiger partial charge in [0.15, 0.2) is 5.75 Å². The monoisotopic (exact) mass is 805 g/mol. The van der Waals surface area contributed by atoms with Crippen molar-refractivity contribution in [1.29, 1.82) is 0 Å². The standard InChI is InChI=1S/C43H40BrN3O6S/c44-30-10-6-29(7-11-30)40-39(34-16-12-31(48)25-37(34)54-40)53-32-13-8-27(9-14-32)28-19-22-46(23-20-28)21-3-1-2-4-26-5-15-33-35(24-26)43(52)47(42(33)51)36-17-18-38(49)45-41(36)50/h5-16,24-25,28,36,48H,1-4,17-23H2,(H,45,49,50). The second kappa shape index (κ2) is 15.5. The molecule has 0 bridgehead atoms. The van der Waals surface area contributed by atoms with E-state index in [2.05, 4.69) is 62.5 Å². The fourth-order valence-electron chi connectivity index (χ4n) is 7.89. The van der Waals surface area contributed by atoms with Gasteiger partial charge >= 0.3 is 0 Å². The van der Waals surface area contributed by atoms with Crippen LogP contribution in [0.4, 0.5) is 0 Å². The average molecular weight is 807 g/mol. The highest BCUT2D eigenvalue weighted by Gasteiger charge is 2.44. The Bertz CT molecular complexity index is 2240. The summed E-state index contributed by atoms with van der Waals surface area (Å²) < 4.78 is 8.55. The number of fused-ring (bicyclic) bond motifs is 2. The zero-order valence-corrected chi connectivity index (χ0v) is 32.1. The molecule has 0 aliphatic carbocycles. The lowest BCUT2D eigenvalue weighted by molar-refractivity contribution is -0.136. The van der Waals surface area contributed by atoms with Crippen molar-refractivity contribution >= 4 is 61.0 Å². The number of aromatic hydroxyl groups is 1. The molecule has 9 nitrogen and oxygen atoms in total. The molecule has 4 aromatic carbocycles. The van der Waals surface area contributed by atoms with Crippen molar-refractivity contribution in [2.75, 3.05) is 19.6 Å². The molecule has 2 N–H and O–H groups in total. The molecule has 1 atom stereocenters. The minimum absolute atomic E-state index is 0.107. The molecule has 11 heteroatoms. The quantitative estimate of drug-likeness (QED) is 0.101. The molecule has 2 saturated heterocycles. The van der Waals surface area contributed by atoms with Gasteiger partial charge in [0.1, 0.15) is 17.5 Å². The topological polar surface area (TPSA) is 116 Å². The summed E-state index contributed by atoms with van der Waals surface area (Å²) in [5, 5.41) is 13.3. The number of nitrogens with one attached hydrogen (secondary N) is 1. The highest BCUT2D eigenvalue weighted by atomic mass is 79.9. The molecule has 1 aromatic heterocycles. The fourth-order valence-corrected chi connectivity index (χ4v) is 9.32. The van der Waals surface area contributed by atoms with Gasteiger partial charge in [0.2, 0.25) is 11.8 Å². The first-order chi connectivity index (χ1) is 26.2. The Morgan fingerprint density at radius 3 is 2.33 bits per heavy atom. The lowest BCUT2D eigenvalue weighted by atomic mass is 9.89. The zero-order valence-electron chi connectivity index (χ0n) is 29.7. The van der Waals surface area contributed by atoms with Crippen LogP contribution in [0.1, 0.15) is 82.7 Å². The maximum absolute atomic E-state index is 13.2. The number of unbranched alkanes of at least 4 members (excludes halogenated alkanes) is 2. The van der Waals surface area contributed by atoms with E-state index >= 15 is 0 Å². The SMILES string of the molecule is O=C1CCC(N2C(=O)c3ccc(CCCCCN4CCC(c5ccc(Oc6c(-c7ccc(Br)cc7)sc7cc(O)ccc67)cc5)CC4)cc3C2=O)C(=O)N1. The number of ether oxygens (including phenoxy) is 1. The smallest absolute Gasteiger partial charge is 0.262 e. The molecular weight excluding hydrogens is 766 g/mol. The number of halogens is 1. The van der Waals surface area contributed by atoms with Crippen LogP contribution in [0.25, 0.3) is 20.5 Å². The number of hydrogen-bond acceptors (Lipinski definition) is 8. The Labute approximate surface area is 326 Å². The van der Waals surface area contributed by atoms with E-state index < -0.39 is 23.8 Å². The molecule has 4 amide bonds. The maximum atomic E-state index is 13.2. The van der Waals surface area contributed by atoms with Crippen molar-refractivity contribution in [3.05, 3.63) is 112 Å². The summed E-state index contributed by atoms with van der Waals surface area (Å²) in [4.78, 5) is 54.7. The lowest BCUT2D eigenvalue weighted by Gasteiger charge is -2.32. The van der Waals surface area contributed by atoms with E-state index in [0.717, 1.165) is 105 Å². The molecule has 0 spiro atoms. The van der Waals surface area contributed by atoms with E-state index in [-0.39, 0.29) is 24.5 Å². The van der Waals surface area contributed by atoms with Crippen LogP contribution in [0.2, 0.25) is 0 Å². The first kappa shape index (κ1) is 36.2. The maximum Gasteiger partial charge on any atom is 0.262 e. The Hall–Kier alpha value is -4.84. The first-order valence-corrected chi connectivity index (χ1v) is 20.2. The number of piperidine rings is 2. The average Bonchev–Trinajstić information content (AvgIpc) is 3.64. The Morgan fingerprint density at radius 1 is 0.815 bits per heavy atom. The molecule has 5 aromatic rings. The molecule has 54 heavy (non-hydrogen) atoms. The van der Waals surface area contributed by atoms with Crippen molar-refractivity contribution in [3.63, 3.8) is 0 Å². The molecule has 3 aliphatic rings. The van der Waals surface area contributed by atoms with E-state index in [1.165, 1.54) is 5.56 Å². The number of likely N-dealkylation sites (tertiary alicyclic amines) is 1. The summed E-state index contributed by atoms with van der Waals surface area (Å²) in [6.45, 7) is 3.19. The van der Waals surface area contributed by atoms with Crippen molar-refractivity contribution in [3.8, 4) is 27.7 Å². The minimum Gasteiger partial charge on any atom is -0.508 e. The number of carbonyl (C=O) groups excluding carboxylic acids is 4. The highest BCUT2D eigenvalue weighted by Crippen LogP contribution is 2.47. The van der Waals surface area contributed by atoms with Crippen LogP contribution in [0.5, 0.6) is 17.2 Å². The Kier molecular flexibility index (Phi) is 10.4. The number of benzene rings is 4. The van der Waals surface area contributed by atoms with Crippen LogP contribution in [0.3, 0.4) is 0 Å². The van der Waals surface area contributed by atoms with Crippen molar-refractivity contribution < 1.29 is 29.0 Å². The molecular formula is C43H40BrN3O6S. The highest BCUT2D eigenvalue weighted by molar-refractivity contribution is 9.10. The van der Waals surface area contributed by atoms with E-state index in [9.17, 15) is 24.3 Å². The largest absolute Gasteiger partial charge is 0.508 e. The number of thiophene rings is 1. The van der Waals surface area contributed by atoms with E-state index in [4.69, 9.17) is 4.74 Å². The van der Waals surface area contributed by atoms with Gasteiger partial charge in [-0.15, -0.1) is 11.3 Å². The summed E-state index contributed by atoms with van der Waals surface area (Å²) in [5.74, 6) is 0.440. The van der Waals surface area contributed by atoms with Crippen molar-refractivity contribution in [1.82, 2.24) is 15.1 Å². The number of rotatable bonds is 11. The summed E-state index contributed by atoms with van der Waals surface area (Å²) >= 11 is 5.14. The van der Waals surface area contributed by atoms with Crippen LogP contribution < -0.4 is 10.1 Å². The first-order valence-electron chi connectivity index (χ1n) is 18.6. The van der Waals surface area contributed by atoms with Crippen molar-refractivity contribution in [2.45, 2.75) is 63.3 Å². The molecule has 0 radical (unpaired) electrons. The normalized spacial score (nSPS) is 18.0. The van der Waals surface area contributed by atoms with Crippen LogP contribution in [0.15, 0.2) is 89.4 Å². The van der Waals surface area contributed by atoms with E-state index in [0.29, 0.717) is 17.0 Å². The summed E-state index contributed by atoms with van der Waals surface area (Å²) in [7, 11) is 0. The number of hydrogen-bond donors (Lipinski definition) is 2. The second-order valence-corrected chi connectivity index (χ2v) is 16.3. The van der Waals surface area contributed by atoms with Gasteiger partial charge in [-0.1, -0.05) is 52.7 Å². The second-order valence-electron chi connectivity index (χ2n) is 14.4. The van der Waals surface area contributed by atoms with Gasteiger partial charge < -0.3 is 14.7 Å². The molecule has 1 unspecified atom stereocenters. The number of amides is 4. The van der Waals surface area contributed by atoms with Gasteiger partial charge in [-0.3, -0.25) is 29.4 Å². The minimum atomic E-state index is -0.947. The molecule has 276 valence electrons. The van der Waals surface area contributed by atoms with Crippen LogP contribution in [0, 0.1) is 0 Å². The number of phenols is 1. The summed E-state index contributed by atoms with van der Waals surface area (Å²) in [6.07, 6.45) is 6.45. The molecule has 0 saturated carbocycles. The predicted molar refractivity (Wildman–Crippen MR) is 212 cm³/mol. The fraction of sp³-hybridized carbons (Fsp3) is 0.302. The molecule has 8 rings (SSSR count). The Morgan fingerprint density at radius 2 is 1.57 bits per heavy atom. The number of nitrogens with zero attached hydrogens (tertiary/aromatic N) is 2. The summed E-state index contributed by atoms with van der Waals surface area (Å²) in [6, 6.07) is 26.6.